The molecule has 0 saturated carbocycles. The van der Waals surface area contributed by atoms with Crippen LogP contribution in [-0.4, -0.2) is 24.6 Å². The van der Waals surface area contributed by atoms with Gasteiger partial charge in [-0.05, 0) is 11.1 Å². The molecular formula is C18H17NO4. The molecule has 23 heavy (non-hydrogen) atoms. The lowest BCUT2D eigenvalue weighted by atomic mass is 10.1. The minimum atomic E-state index is -1.10. The van der Waals surface area contributed by atoms with Crippen molar-refractivity contribution in [2.45, 2.75) is 18.7 Å². The fourth-order valence-corrected chi connectivity index (χ4v) is 2.42. The molecule has 2 aromatic carbocycles. The van der Waals surface area contributed by atoms with Gasteiger partial charge >= 0.3 is 11.9 Å². The lowest BCUT2D eigenvalue weighted by Gasteiger charge is -2.29. The van der Waals surface area contributed by atoms with Crippen molar-refractivity contribution >= 4 is 11.9 Å². The van der Waals surface area contributed by atoms with Gasteiger partial charge in [0.05, 0.1) is 6.04 Å². The Bertz CT molecular complexity index is 672. The normalized spacial score (nSPS) is 20.6. The molecule has 0 spiro atoms. The number of rotatable bonds is 4. The number of hydrogen-bond donors (Lipinski definition) is 1. The summed E-state index contributed by atoms with van der Waals surface area (Å²) in [6, 6.07) is 17.5. The van der Waals surface area contributed by atoms with E-state index in [1.807, 2.05) is 60.7 Å². The third-order valence-electron chi connectivity index (χ3n) is 3.66. The van der Waals surface area contributed by atoms with E-state index >= 15 is 0 Å². The average molecular weight is 311 g/mol. The van der Waals surface area contributed by atoms with Gasteiger partial charge in [0, 0.05) is 0 Å². The molecule has 2 aromatic rings. The zero-order chi connectivity index (χ0) is 16.1. The maximum atomic E-state index is 12.2. The zero-order valence-corrected chi connectivity index (χ0v) is 12.5. The van der Waals surface area contributed by atoms with Gasteiger partial charge in [0.25, 0.3) is 0 Å². The van der Waals surface area contributed by atoms with Crippen molar-refractivity contribution in [2.75, 3.05) is 6.61 Å². The first-order valence-corrected chi connectivity index (χ1v) is 7.42. The predicted octanol–water partition coefficient (Wildman–Crippen LogP) is 1.99. The van der Waals surface area contributed by atoms with E-state index in [1.54, 1.807) is 0 Å². The Morgan fingerprint density at radius 1 is 1.09 bits per heavy atom. The third-order valence-corrected chi connectivity index (χ3v) is 3.66. The molecule has 0 aliphatic carbocycles. The van der Waals surface area contributed by atoms with Gasteiger partial charge in [-0.15, -0.1) is 0 Å². The molecular weight excluding hydrogens is 294 g/mol. The summed E-state index contributed by atoms with van der Waals surface area (Å²) in [6.45, 7) is 0.326. The number of ether oxygens (including phenoxy) is 2. The van der Waals surface area contributed by atoms with Gasteiger partial charge in [-0.2, -0.15) is 0 Å². The van der Waals surface area contributed by atoms with E-state index in [-0.39, 0.29) is 19.3 Å². The summed E-state index contributed by atoms with van der Waals surface area (Å²) in [5, 5.41) is 3.01. The second-order valence-electron chi connectivity index (χ2n) is 5.29. The number of carbonyl (C=O) groups excluding carboxylic acids is 2. The predicted molar refractivity (Wildman–Crippen MR) is 83.3 cm³/mol. The Labute approximate surface area is 134 Å². The highest BCUT2D eigenvalue weighted by Crippen LogP contribution is 2.18. The van der Waals surface area contributed by atoms with Crippen LogP contribution in [0, 0.1) is 0 Å². The van der Waals surface area contributed by atoms with E-state index in [2.05, 4.69) is 5.32 Å². The molecule has 1 heterocycles. The van der Waals surface area contributed by atoms with Gasteiger partial charge in [0.2, 0.25) is 6.04 Å². The molecule has 5 heteroatoms. The number of nitrogens with one attached hydrogen (secondary N) is 1. The third kappa shape index (κ3) is 3.76. The molecule has 1 aliphatic heterocycles. The Morgan fingerprint density at radius 2 is 1.74 bits per heavy atom. The Balaban J connectivity index is 1.63. The second-order valence-corrected chi connectivity index (χ2v) is 5.29. The van der Waals surface area contributed by atoms with E-state index in [9.17, 15) is 9.59 Å². The summed E-state index contributed by atoms with van der Waals surface area (Å²) in [7, 11) is 0. The molecule has 0 unspecified atom stereocenters. The average Bonchev–Trinajstić information content (AvgIpc) is 2.62. The van der Waals surface area contributed by atoms with Crippen LogP contribution in [0.1, 0.15) is 17.2 Å². The van der Waals surface area contributed by atoms with Crippen LogP contribution in [0.4, 0.5) is 0 Å². The molecule has 0 bridgehead atoms. The fourth-order valence-electron chi connectivity index (χ4n) is 2.42. The highest BCUT2D eigenvalue weighted by atomic mass is 16.6. The quantitative estimate of drug-likeness (QED) is 0.691. The summed E-state index contributed by atoms with van der Waals surface area (Å²) >= 11 is 0. The van der Waals surface area contributed by atoms with Gasteiger partial charge in [0.15, 0.2) is 0 Å². The molecule has 0 radical (unpaired) electrons. The lowest BCUT2D eigenvalue weighted by molar-refractivity contribution is -0.164. The molecule has 0 amide bonds. The van der Waals surface area contributed by atoms with E-state index in [4.69, 9.17) is 9.47 Å². The van der Waals surface area contributed by atoms with Crippen LogP contribution >= 0.6 is 0 Å². The summed E-state index contributed by atoms with van der Waals surface area (Å²) in [4.78, 5) is 24.0. The largest absolute Gasteiger partial charge is 0.462 e. The van der Waals surface area contributed by atoms with Crippen molar-refractivity contribution in [1.29, 1.82) is 0 Å². The maximum absolute atomic E-state index is 12.2. The van der Waals surface area contributed by atoms with Gasteiger partial charge in [-0.1, -0.05) is 60.7 Å². The van der Waals surface area contributed by atoms with Crippen LogP contribution in [0.5, 0.6) is 0 Å². The topological polar surface area (TPSA) is 64.6 Å². The number of benzene rings is 2. The molecule has 3 rings (SSSR count). The summed E-state index contributed by atoms with van der Waals surface area (Å²) in [5.74, 6) is -1.23. The summed E-state index contributed by atoms with van der Waals surface area (Å²) in [5.41, 5.74) is 1.82. The smallest absolute Gasteiger partial charge is 0.335 e. The van der Waals surface area contributed by atoms with Crippen molar-refractivity contribution in [3.8, 4) is 0 Å². The number of esters is 2. The molecule has 0 aromatic heterocycles. The Kier molecular flexibility index (Phi) is 4.68. The Morgan fingerprint density at radius 3 is 2.43 bits per heavy atom. The first-order valence-electron chi connectivity index (χ1n) is 7.42. The van der Waals surface area contributed by atoms with Gasteiger partial charge in [-0.3, -0.25) is 5.32 Å². The monoisotopic (exact) mass is 311 g/mol. The summed E-state index contributed by atoms with van der Waals surface area (Å²) in [6.07, 6.45) is 0. The highest BCUT2D eigenvalue weighted by molar-refractivity contribution is 5.99. The molecule has 2 atom stereocenters. The Hall–Kier alpha value is -2.66. The molecule has 5 nitrogen and oxygen atoms in total. The van der Waals surface area contributed by atoms with Crippen LogP contribution in [-0.2, 0) is 25.7 Å². The first-order chi connectivity index (χ1) is 11.2. The van der Waals surface area contributed by atoms with Crippen molar-refractivity contribution in [2.24, 2.45) is 0 Å². The van der Waals surface area contributed by atoms with Crippen LogP contribution in [0.15, 0.2) is 60.7 Å². The molecule has 1 saturated heterocycles. The number of cyclic esters (lactones) is 1. The highest BCUT2D eigenvalue weighted by Gasteiger charge is 2.36. The number of carbonyl (C=O) groups is 2. The van der Waals surface area contributed by atoms with Gasteiger partial charge < -0.3 is 9.47 Å². The maximum Gasteiger partial charge on any atom is 0.335 e. The van der Waals surface area contributed by atoms with E-state index < -0.39 is 18.0 Å². The minimum absolute atomic E-state index is 0.126. The number of morpholine rings is 1. The lowest BCUT2D eigenvalue weighted by Crippen LogP contribution is -2.52. The van der Waals surface area contributed by atoms with Gasteiger partial charge in [-0.25, -0.2) is 9.59 Å². The SMILES string of the molecule is O=C(OCc1ccccc1)[C@H]1N[C@H](c2ccccc2)COC1=O. The van der Waals surface area contributed by atoms with E-state index in [0.717, 1.165) is 11.1 Å². The van der Waals surface area contributed by atoms with Crippen LogP contribution in [0.25, 0.3) is 0 Å². The molecule has 118 valence electrons. The van der Waals surface area contributed by atoms with E-state index in [1.165, 1.54) is 0 Å². The second kappa shape index (κ2) is 7.07. The number of hydrogen-bond acceptors (Lipinski definition) is 5. The molecule has 1 N–H and O–H groups in total. The van der Waals surface area contributed by atoms with Gasteiger partial charge in [0.1, 0.15) is 13.2 Å². The van der Waals surface area contributed by atoms with Crippen LogP contribution in [0.2, 0.25) is 0 Å². The first kappa shape index (κ1) is 15.2. The van der Waals surface area contributed by atoms with E-state index in [0.29, 0.717) is 0 Å². The van der Waals surface area contributed by atoms with Crippen molar-refractivity contribution in [3.63, 3.8) is 0 Å². The minimum Gasteiger partial charge on any atom is -0.462 e. The van der Waals surface area contributed by atoms with Crippen molar-refractivity contribution < 1.29 is 19.1 Å². The molecule has 1 aliphatic rings. The fraction of sp³-hybridized carbons (Fsp3) is 0.222. The standard InChI is InChI=1S/C18H17NO4/c20-17(22-11-13-7-3-1-4-8-13)16-18(21)23-12-15(19-16)14-9-5-2-6-10-14/h1-10,15-16,19H,11-12H2/t15-,16+/m0/s1. The molecule has 1 fully saturated rings. The van der Waals surface area contributed by atoms with Crippen molar-refractivity contribution in [3.05, 3.63) is 71.8 Å². The summed E-state index contributed by atoms with van der Waals surface area (Å²) < 4.78 is 10.3. The van der Waals surface area contributed by atoms with Crippen LogP contribution in [0.3, 0.4) is 0 Å². The van der Waals surface area contributed by atoms with Crippen LogP contribution < -0.4 is 5.32 Å². The zero-order valence-electron chi connectivity index (χ0n) is 12.5. The van der Waals surface area contributed by atoms with Crippen molar-refractivity contribution in [1.82, 2.24) is 5.32 Å².